The van der Waals surface area contributed by atoms with Crippen LogP contribution >= 0.6 is 0 Å². The molecule has 5 nitrogen and oxygen atoms in total. The maximum absolute atomic E-state index is 12.3. The molecule has 1 aromatic carbocycles. The number of phenolic OH excluding ortho intramolecular Hbond substituents is 1. The molecule has 0 bridgehead atoms. The minimum Gasteiger partial charge on any atom is -0.508 e. The molecule has 5 heteroatoms. The number of rotatable bonds is 6. The highest BCUT2D eigenvalue weighted by atomic mass is 16.3. The van der Waals surface area contributed by atoms with E-state index in [1.165, 1.54) is 17.0 Å². The molecule has 0 saturated carbocycles. The van der Waals surface area contributed by atoms with Crippen LogP contribution in [0.5, 0.6) is 5.75 Å². The lowest BCUT2D eigenvalue weighted by molar-refractivity contribution is -0.129. The molecule has 2 N–H and O–H groups in total. The maximum atomic E-state index is 12.3. The van der Waals surface area contributed by atoms with Gasteiger partial charge in [-0.25, -0.2) is 0 Å². The topological polar surface area (TPSA) is 77.8 Å². The largest absolute Gasteiger partial charge is 0.508 e. The van der Waals surface area contributed by atoms with Crippen LogP contribution in [0.15, 0.2) is 35.6 Å². The lowest BCUT2D eigenvalue weighted by Crippen LogP contribution is -2.32. The van der Waals surface area contributed by atoms with Crippen molar-refractivity contribution in [3.8, 4) is 5.75 Å². The Morgan fingerprint density at radius 1 is 1.18 bits per heavy atom. The van der Waals surface area contributed by atoms with Gasteiger partial charge < -0.3 is 15.1 Å². The summed E-state index contributed by atoms with van der Waals surface area (Å²) in [6.45, 7) is 4.20. The van der Waals surface area contributed by atoms with Crippen LogP contribution in [0.3, 0.4) is 0 Å². The number of hydrogen-bond donors (Lipinski definition) is 2. The van der Waals surface area contributed by atoms with Crippen LogP contribution < -0.4 is 0 Å². The van der Waals surface area contributed by atoms with Crippen LogP contribution in [-0.4, -0.2) is 33.3 Å². The van der Waals surface area contributed by atoms with Gasteiger partial charge in [-0.2, -0.15) is 0 Å². The average Bonchev–Trinajstić information content (AvgIpc) is 2.77. The fraction of sp³-hybridized carbons (Fsp3) is 0.412. The zero-order chi connectivity index (χ0) is 16.3. The number of nitrogens with zero attached hydrogens (tertiary/aromatic N) is 1. The van der Waals surface area contributed by atoms with Gasteiger partial charge in [0.25, 0.3) is 5.91 Å². The van der Waals surface area contributed by atoms with Crippen molar-refractivity contribution in [1.82, 2.24) is 4.90 Å². The zero-order valence-electron chi connectivity index (χ0n) is 12.9. The summed E-state index contributed by atoms with van der Waals surface area (Å²) in [5.41, 5.74) is 0.873. The van der Waals surface area contributed by atoms with Crippen LogP contribution in [0.4, 0.5) is 0 Å². The summed E-state index contributed by atoms with van der Waals surface area (Å²) in [4.78, 5) is 26.0. The molecule has 0 radical (unpaired) electrons. The number of Topliss-reactive ketones (excluding diaryl/α,β-unsaturated/α-hetero) is 1. The molecule has 0 aliphatic carbocycles. The molecule has 118 valence electrons. The molecule has 0 spiro atoms. The highest BCUT2D eigenvalue weighted by molar-refractivity contribution is 6.08. The summed E-state index contributed by atoms with van der Waals surface area (Å²) in [5, 5.41) is 19.6. The molecule has 1 unspecified atom stereocenters. The second-order valence-electron chi connectivity index (χ2n) is 5.39. The van der Waals surface area contributed by atoms with E-state index in [0.717, 1.165) is 12.8 Å². The van der Waals surface area contributed by atoms with Crippen LogP contribution in [0.1, 0.15) is 44.7 Å². The second-order valence-corrected chi connectivity index (χ2v) is 5.39. The number of ketones is 1. The van der Waals surface area contributed by atoms with Crippen LogP contribution in [0.25, 0.3) is 0 Å². The smallest absolute Gasteiger partial charge is 0.290 e. The van der Waals surface area contributed by atoms with Crippen LogP contribution in [0, 0.1) is 0 Å². The first-order valence-corrected chi connectivity index (χ1v) is 7.57. The van der Waals surface area contributed by atoms with E-state index in [1.807, 2.05) is 6.92 Å². The van der Waals surface area contributed by atoms with Crippen molar-refractivity contribution in [3.05, 3.63) is 41.2 Å². The number of aliphatic hydroxyl groups excluding tert-OH is 1. The molecule has 0 saturated heterocycles. The zero-order valence-corrected chi connectivity index (χ0v) is 12.9. The van der Waals surface area contributed by atoms with Gasteiger partial charge in [0.1, 0.15) is 5.75 Å². The van der Waals surface area contributed by atoms with Gasteiger partial charge in [0.15, 0.2) is 11.5 Å². The van der Waals surface area contributed by atoms with Crippen molar-refractivity contribution in [2.45, 2.75) is 39.2 Å². The van der Waals surface area contributed by atoms with Gasteiger partial charge in [0.05, 0.1) is 11.6 Å². The number of hydrogen-bond acceptors (Lipinski definition) is 4. The summed E-state index contributed by atoms with van der Waals surface area (Å²) in [6.07, 6.45) is 1.92. The Bertz CT molecular complexity index is 604. The van der Waals surface area contributed by atoms with Crippen molar-refractivity contribution in [2.75, 3.05) is 6.54 Å². The Labute approximate surface area is 129 Å². The van der Waals surface area contributed by atoms with E-state index in [9.17, 15) is 19.8 Å². The minimum atomic E-state index is -0.577. The molecule has 1 heterocycles. The molecule has 0 fully saturated rings. The average molecular weight is 303 g/mol. The van der Waals surface area contributed by atoms with E-state index in [-0.39, 0.29) is 23.5 Å². The third-order valence-electron chi connectivity index (χ3n) is 3.89. The van der Waals surface area contributed by atoms with Gasteiger partial charge in [0, 0.05) is 13.0 Å². The Kier molecular flexibility index (Phi) is 4.85. The molecule has 1 aliphatic rings. The van der Waals surface area contributed by atoms with Gasteiger partial charge in [0.2, 0.25) is 0 Å². The number of unbranched alkanes of at least 4 members (excludes halogenated alkanes) is 1. The number of aliphatic hydroxyl groups is 1. The molecular weight excluding hydrogens is 282 g/mol. The first-order valence-electron chi connectivity index (χ1n) is 7.57. The van der Waals surface area contributed by atoms with E-state index in [2.05, 4.69) is 0 Å². The van der Waals surface area contributed by atoms with Crippen molar-refractivity contribution in [2.24, 2.45) is 0 Å². The van der Waals surface area contributed by atoms with Gasteiger partial charge in [-0.15, -0.1) is 0 Å². The van der Waals surface area contributed by atoms with Crippen LogP contribution in [-0.2, 0) is 9.59 Å². The van der Waals surface area contributed by atoms with Gasteiger partial charge in [-0.05, 0) is 24.1 Å². The molecule has 1 aromatic rings. The Morgan fingerprint density at radius 2 is 1.82 bits per heavy atom. The van der Waals surface area contributed by atoms with E-state index in [4.69, 9.17) is 0 Å². The standard InChI is InChI=1S/C17H21NO4/c1-3-5-10-18-15(11-6-8-12(19)9-7-11)14(13(20)4-2)16(21)17(18)22/h6-9,15,19,21H,3-5,10H2,1-2H3. The molecular formula is C17H21NO4. The highest BCUT2D eigenvalue weighted by Gasteiger charge is 2.42. The monoisotopic (exact) mass is 303 g/mol. The lowest BCUT2D eigenvalue weighted by Gasteiger charge is -2.26. The lowest BCUT2D eigenvalue weighted by atomic mass is 9.95. The van der Waals surface area contributed by atoms with Crippen molar-refractivity contribution >= 4 is 11.7 Å². The fourth-order valence-electron chi connectivity index (χ4n) is 2.69. The predicted octanol–water partition coefficient (Wildman–Crippen LogP) is 2.87. The number of amides is 1. The summed E-state index contributed by atoms with van der Waals surface area (Å²) >= 11 is 0. The number of aromatic hydroxyl groups is 1. The number of carbonyl (C=O) groups is 2. The summed E-state index contributed by atoms with van der Waals surface area (Å²) in [7, 11) is 0. The Morgan fingerprint density at radius 3 is 2.36 bits per heavy atom. The molecule has 1 aliphatic heterocycles. The third kappa shape index (κ3) is 2.84. The minimum absolute atomic E-state index is 0.116. The fourth-order valence-corrected chi connectivity index (χ4v) is 2.69. The normalized spacial score (nSPS) is 18.2. The summed E-state index contributed by atoms with van der Waals surface area (Å²) in [6, 6.07) is 5.80. The second kappa shape index (κ2) is 6.64. The summed E-state index contributed by atoms with van der Waals surface area (Å²) < 4.78 is 0. The first kappa shape index (κ1) is 16.1. The first-order chi connectivity index (χ1) is 10.5. The van der Waals surface area contributed by atoms with Gasteiger partial charge in [-0.1, -0.05) is 32.4 Å². The molecule has 2 rings (SSSR count). The van der Waals surface area contributed by atoms with Crippen LogP contribution in [0.2, 0.25) is 0 Å². The molecule has 1 atom stereocenters. The van der Waals surface area contributed by atoms with Crippen molar-refractivity contribution in [1.29, 1.82) is 0 Å². The van der Waals surface area contributed by atoms with E-state index >= 15 is 0 Å². The van der Waals surface area contributed by atoms with E-state index in [0.29, 0.717) is 12.1 Å². The number of carbonyl (C=O) groups excluding carboxylic acids is 2. The number of benzene rings is 1. The molecule has 22 heavy (non-hydrogen) atoms. The summed E-state index contributed by atoms with van der Waals surface area (Å²) in [5.74, 6) is -1.06. The van der Waals surface area contributed by atoms with Crippen molar-refractivity contribution in [3.63, 3.8) is 0 Å². The Hall–Kier alpha value is -2.30. The van der Waals surface area contributed by atoms with Gasteiger partial charge in [-0.3, -0.25) is 9.59 Å². The van der Waals surface area contributed by atoms with Gasteiger partial charge >= 0.3 is 0 Å². The molecule has 0 aromatic heterocycles. The molecule has 1 amide bonds. The quantitative estimate of drug-likeness (QED) is 0.847. The highest BCUT2D eigenvalue weighted by Crippen LogP contribution is 2.38. The predicted molar refractivity (Wildman–Crippen MR) is 82.4 cm³/mol. The van der Waals surface area contributed by atoms with Crippen molar-refractivity contribution < 1.29 is 19.8 Å². The number of phenols is 1. The Balaban J connectivity index is 2.47. The third-order valence-corrected chi connectivity index (χ3v) is 3.89. The van der Waals surface area contributed by atoms with E-state index < -0.39 is 17.7 Å². The van der Waals surface area contributed by atoms with E-state index in [1.54, 1.807) is 19.1 Å². The SMILES string of the molecule is CCCCN1C(=O)C(O)=C(C(=O)CC)C1c1ccc(O)cc1. The maximum Gasteiger partial charge on any atom is 0.290 e.